The molecule has 2 rings (SSSR count). The van der Waals surface area contributed by atoms with Crippen LogP contribution < -0.4 is 4.90 Å². The van der Waals surface area contributed by atoms with E-state index < -0.39 is 0 Å². The lowest BCUT2D eigenvalue weighted by molar-refractivity contribution is -0.122. The lowest BCUT2D eigenvalue weighted by Gasteiger charge is -2.12. The summed E-state index contributed by atoms with van der Waals surface area (Å²) < 4.78 is 0.633. The Morgan fingerprint density at radius 3 is 2.65 bits per heavy atom. The number of hydrogen-bond donors (Lipinski definition) is 0. The van der Waals surface area contributed by atoms with Gasteiger partial charge in [-0.05, 0) is 31.2 Å². The number of nitrogens with zero attached hydrogens (tertiary/aromatic N) is 2. The molecule has 0 N–H and O–H groups in total. The lowest BCUT2D eigenvalue weighted by Crippen LogP contribution is -2.27. The van der Waals surface area contributed by atoms with E-state index >= 15 is 0 Å². The average molecular weight is 304 g/mol. The van der Waals surface area contributed by atoms with Crippen molar-refractivity contribution in [2.24, 2.45) is 0 Å². The lowest BCUT2D eigenvalue weighted by atomic mass is 10.3. The van der Waals surface area contributed by atoms with Crippen molar-refractivity contribution in [1.82, 2.24) is 4.90 Å². The van der Waals surface area contributed by atoms with Crippen molar-refractivity contribution in [2.45, 2.75) is 6.92 Å². The van der Waals surface area contributed by atoms with Gasteiger partial charge in [-0.25, -0.2) is 0 Å². The fraction of sp³-hybridized carbons (Fsp3) is 0.200. The number of anilines is 1. The molecule has 0 aromatic heterocycles. The van der Waals surface area contributed by atoms with Crippen LogP contribution in [-0.2, 0) is 4.79 Å². The maximum absolute atomic E-state index is 12.0. The van der Waals surface area contributed by atoms with E-state index in [-0.39, 0.29) is 5.91 Å². The summed E-state index contributed by atoms with van der Waals surface area (Å²) in [5.74, 6) is -0.00508. The molecule has 104 valence electrons. The molecule has 1 saturated heterocycles. The van der Waals surface area contributed by atoms with Gasteiger partial charge in [0.1, 0.15) is 4.32 Å². The minimum absolute atomic E-state index is 0.00508. The normalized spacial score (nSPS) is 17.5. The van der Waals surface area contributed by atoms with Gasteiger partial charge in [0.2, 0.25) is 0 Å². The second kappa shape index (κ2) is 6.72. The molecule has 0 atom stereocenters. The number of benzene rings is 1. The molecule has 3 nitrogen and oxygen atoms in total. The van der Waals surface area contributed by atoms with Crippen molar-refractivity contribution < 1.29 is 4.79 Å². The van der Waals surface area contributed by atoms with Gasteiger partial charge in [-0.2, -0.15) is 0 Å². The molecule has 1 fully saturated rings. The van der Waals surface area contributed by atoms with E-state index in [4.69, 9.17) is 12.2 Å². The van der Waals surface area contributed by atoms with Crippen molar-refractivity contribution in [3.05, 3.63) is 53.6 Å². The van der Waals surface area contributed by atoms with Crippen LogP contribution in [0.3, 0.4) is 0 Å². The molecule has 5 heteroatoms. The van der Waals surface area contributed by atoms with Crippen LogP contribution in [0.1, 0.15) is 6.92 Å². The van der Waals surface area contributed by atoms with Crippen LogP contribution in [0.2, 0.25) is 0 Å². The molecule has 0 radical (unpaired) electrons. The molecule has 1 aromatic rings. The monoisotopic (exact) mass is 304 g/mol. The molecule has 0 bridgehead atoms. The molecule has 20 heavy (non-hydrogen) atoms. The predicted octanol–water partition coefficient (Wildman–Crippen LogP) is 3.40. The maximum atomic E-state index is 12.0. The van der Waals surface area contributed by atoms with Crippen LogP contribution in [0.25, 0.3) is 0 Å². The van der Waals surface area contributed by atoms with Gasteiger partial charge < -0.3 is 4.90 Å². The van der Waals surface area contributed by atoms with E-state index in [1.165, 1.54) is 11.8 Å². The topological polar surface area (TPSA) is 23.6 Å². The number of thiocarbonyl (C=S) groups is 1. The number of para-hydroxylation sites is 1. The minimum atomic E-state index is -0.00508. The van der Waals surface area contributed by atoms with Gasteiger partial charge in [-0.15, -0.1) is 0 Å². The highest BCUT2D eigenvalue weighted by Crippen LogP contribution is 2.30. The summed E-state index contributed by atoms with van der Waals surface area (Å²) in [6.45, 7) is 2.54. The fourth-order valence-corrected chi connectivity index (χ4v) is 3.13. The van der Waals surface area contributed by atoms with Crippen LogP contribution >= 0.6 is 24.0 Å². The second-order valence-corrected chi connectivity index (χ2v) is 5.91. The summed E-state index contributed by atoms with van der Waals surface area (Å²) in [7, 11) is 1.97. The predicted molar refractivity (Wildman–Crippen MR) is 89.6 cm³/mol. The Balaban J connectivity index is 2.05. The summed E-state index contributed by atoms with van der Waals surface area (Å²) in [6.07, 6.45) is 5.61. The van der Waals surface area contributed by atoms with E-state index in [2.05, 4.69) is 0 Å². The molecule has 0 spiro atoms. The second-order valence-electron chi connectivity index (χ2n) is 4.24. The number of amides is 1. The summed E-state index contributed by atoms with van der Waals surface area (Å²) in [5, 5.41) is 0. The van der Waals surface area contributed by atoms with E-state index in [9.17, 15) is 4.79 Å². The smallest absolute Gasteiger partial charge is 0.266 e. The molecular formula is C15H16N2OS2. The third-order valence-corrected chi connectivity index (χ3v) is 4.31. The van der Waals surface area contributed by atoms with E-state index in [1.807, 2.05) is 67.6 Å². The molecule has 0 unspecified atom stereocenters. The zero-order chi connectivity index (χ0) is 14.5. The van der Waals surface area contributed by atoms with Crippen LogP contribution in [0.4, 0.5) is 5.69 Å². The number of thioether (sulfide) groups is 1. The molecule has 1 aromatic carbocycles. The molecule has 1 heterocycles. The maximum Gasteiger partial charge on any atom is 0.266 e. The number of rotatable bonds is 4. The first kappa shape index (κ1) is 14.8. The van der Waals surface area contributed by atoms with Crippen LogP contribution in [0, 0.1) is 0 Å². The standard InChI is InChI=1S/C15H16N2OS2/c1-3-17-14(18)13(20-15(17)19)10-7-11-16(2)12-8-5-4-6-9-12/h4-11H,3H2,1-2H3/b11-7-,13-10+. The highest BCUT2D eigenvalue weighted by Gasteiger charge is 2.29. The molecule has 1 amide bonds. The van der Waals surface area contributed by atoms with E-state index in [0.29, 0.717) is 15.8 Å². The van der Waals surface area contributed by atoms with E-state index in [0.717, 1.165) is 5.69 Å². The van der Waals surface area contributed by atoms with Gasteiger partial charge in [-0.3, -0.25) is 9.69 Å². The summed E-state index contributed by atoms with van der Waals surface area (Å²) >= 11 is 6.52. The Morgan fingerprint density at radius 2 is 2.05 bits per heavy atom. The largest absolute Gasteiger partial charge is 0.351 e. The zero-order valence-corrected chi connectivity index (χ0v) is 13.1. The number of allylic oxidation sites excluding steroid dienone is 2. The van der Waals surface area contributed by atoms with Gasteiger partial charge in [0.05, 0.1) is 4.91 Å². The Hall–Kier alpha value is -1.59. The van der Waals surface area contributed by atoms with Crippen LogP contribution in [0.5, 0.6) is 0 Å². The SMILES string of the molecule is CCN1C(=O)/C(=C\C=C/N(C)c2ccccc2)SC1=S. The van der Waals surface area contributed by atoms with Crippen molar-refractivity contribution in [3.8, 4) is 0 Å². The number of hydrogen-bond acceptors (Lipinski definition) is 4. The third-order valence-electron chi connectivity index (χ3n) is 2.91. The van der Waals surface area contributed by atoms with Gasteiger partial charge in [0.15, 0.2) is 0 Å². The zero-order valence-electron chi connectivity index (χ0n) is 11.4. The first-order chi connectivity index (χ1) is 9.63. The summed E-state index contributed by atoms with van der Waals surface area (Å²) in [5.41, 5.74) is 1.10. The fourth-order valence-electron chi connectivity index (χ4n) is 1.80. The van der Waals surface area contributed by atoms with Gasteiger partial charge in [-0.1, -0.05) is 42.2 Å². The van der Waals surface area contributed by atoms with Gasteiger partial charge in [0, 0.05) is 25.5 Å². The Kier molecular flexibility index (Phi) is 4.98. The van der Waals surface area contributed by atoms with Crippen LogP contribution in [0.15, 0.2) is 53.6 Å². The number of likely N-dealkylation sites (N-methyl/N-ethyl adjacent to an activating group) is 1. The summed E-state index contributed by atoms with van der Waals surface area (Å²) in [4.78, 5) is 16.3. The minimum Gasteiger partial charge on any atom is -0.351 e. The highest BCUT2D eigenvalue weighted by molar-refractivity contribution is 8.26. The average Bonchev–Trinajstić information content (AvgIpc) is 2.74. The number of carbonyl (C=O) groups excluding carboxylic acids is 1. The Morgan fingerprint density at radius 1 is 1.35 bits per heavy atom. The molecule has 0 aliphatic carbocycles. The molecule has 0 saturated carbocycles. The van der Waals surface area contributed by atoms with Crippen molar-refractivity contribution in [3.63, 3.8) is 0 Å². The molecule has 1 aliphatic rings. The Labute approximate surface area is 128 Å². The van der Waals surface area contributed by atoms with Crippen LogP contribution in [-0.4, -0.2) is 28.7 Å². The van der Waals surface area contributed by atoms with Crippen molar-refractivity contribution >= 4 is 39.9 Å². The highest BCUT2D eigenvalue weighted by atomic mass is 32.2. The van der Waals surface area contributed by atoms with E-state index in [1.54, 1.807) is 4.90 Å². The molecular weight excluding hydrogens is 288 g/mol. The first-order valence-corrected chi connectivity index (χ1v) is 7.56. The molecule has 1 aliphatic heterocycles. The van der Waals surface area contributed by atoms with Gasteiger partial charge >= 0.3 is 0 Å². The number of carbonyl (C=O) groups is 1. The quantitative estimate of drug-likeness (QED) is 0.628. The Bertz CT molecular complexity index is 566. The third kappa shape index (κ3) is 3.29. The van der Waals surface area contributed by atoms with Crippen molar-refractivity contribution in [1.29, 1.82) is 0 Å². The van der Waals surface area contributed by atoms with Crippen molar-refractivity contribution in [2.75, 3.05) is 18.5 Å². The summed E-state index contributed by atoms with van der Waals surface area (Å²) in [6, 6.07) is 10.0. The van der Waals surface area contributed by atoms with Gasteiger partial charge in [0.25, 0.3) is 5.91 Å². The first-order valence-electron chi connectivity index (χ1n) is 6.33.